The van der Waals surface area contributed by atoms with E-state index in [4.69, 9.17) is 0 Å². The lowest BCUT2D eigenvalue weighted by molar-refractivity contribution is -0.389. The van der Waals surface area contributed by atoms with Crippen LogP contribution in [-0.4, -0.2) is 23.0 Å². The smallest absolute Gasteiger partial charge is 0.383 e. The van der Waals surface area contributed by atoms with Crippen LogP contribution in [0.5, 0.6) is 0 Å². The van der Waals surface area contributed by atoms with Crippen LogP contribution >= 0.6 is 22.6 Å². The summed E-state index contributed by atoms with van der Waals surface area (Å²) in [7, 11) is 1.03. The van der Waals surface area contributed by atoms with Gasteiger partial charge >= 0.3 is 11.8 Å². The molecule has 17 heavy (non-hydrogen) atoms. The van der Waals surface area contributed by atoms with E-state index in [-0.39, 0.29) is 3.57 Å². The fourth-order valence-electron chi connectivity index (χ4n) is 1.02. The van der Waals surface area contributed by atoms with Gasteiger partial charge in [-0.05, 0) is 32.5 Å². The number of methoxy groups -OCH3 is 1. The van der Waals surface area contributed by atoms with Crippen LogP contribution in [0.1, 0.15) is 22.5 Å². The summed E-state index contributed by atoms with van der Waals surface area (Å²) in [5, 5.41) is 10.5. The van der Waals surface area contributed by atoms with Crippen molar-refractivity contribution < 1.29 is 23.2 Å². The van der Waals surface area contributed by atoms with Crippen molar-refractivity contribution in [2.75, 3.05) is 7.11 Å². The molecule has 0 radical (unpaired) electrons. The Morgan fingerprint density at radius 2 is 2.24 bits per heavy atom. The second-order valence-electron chi connectivity index (χ2n) is 2.78. The number of carbonyl (C=O) groups is 1. The summed E-state index contributed by atoms with van der Waals surface area (Å²) in [6.45, 7) is 0. The summed E-state index contributed by atoms with van der Waals surface area (Å²) < 4.78 is 29.4. The first-order chi connectivity index (χ1) is 7.88. The third-order valence-corrected chi connectivity index (χ3v) is 2.91. The molecule has 0 bridgehead atoms. The lowest BCUT2D eigenvalue weighted by Crippen LogP contribution is -2.11. The van der Waals surface area contributed by atoms with E-state index in [0.717, 1.165) is 7.11 Å². The minimum atomic E-state index is -2.94. The number of rotatable bonds is 3. The predicted octanol–water partition coefficient (Wildman–Crippen LogP) is 2.32. The van der Waals surface area contributed by atoms with E-state index in [0.29, 0.717) is 6.07 Å². The van der Waals surface area contributed by atoms with Gasteiger partial charge in [0.1, 0.15) is 0 Å². The number of aromatic nitrogens is 1. The summed E-state index contributed by atoms with van der Waals surface area (Å²) in [6, 6.07) is 0.638. The third-order valence-electron chi connectivity index (χ3n) is 1.77. The SMILES string of the molecule is COC(=O)c1nc([N+](=O)[O-])cc(C(F)F)c1I. The zero-order valence-corrected chi connectivity index (χ0v) is 10.5. The Bertz CT molecular complexity index is 481. The fraction of sp³-hybridized carbons (Fsp3) is 0.250. The molecule has 0 unspecified atom stereocenters. The van der Waals surface area contributed by atoms with Crippen molar-refractivity contribution in [3.8, 4) is 0 Å². The summed E-state index contributed by atoms with van der Waals surface area (Å²) in [6.07, 6.45) is -2.94. The van der Waals surface area contributed by atoms with E-state index in [9.17, 15) is 23.7 Å². The highest BCUT2D eigenvalue weighted by Crippen LogP contribution is 2.29. The van der Waals surface area contributed by atoms with Gasteiger partial charge < -0.3 is 14.9 Å². The number of esters is 1. The van der Waals surface area contributed by atoms with Crippen LogP contribution in [0, 0.1) is 13.7 Å². The van der Waals surface area contributed by atoms with Gasteiger partial charge in [-0.25, -0.2) is 13.6 Å². The van der Waals surface area contributed by atoms with Crippen LogP contribution < -0.4 is 0 Å². The van der Waals surface area contributed by atoms with Crippen LogP contribution in [0.2, 0.25) is 0 Å². The van der Waals surface area contributed by atoms with Crippen LogP contribution in [0.25, 0.3) is 0 Å². The fourth-order valence-corrected chi connectivity index (χ4v) is 1.75. The number of nitrogens with zero attached hydrogens (tertiary/aromatic N) is 2. The number of hydrogen-bond donors (Lipinski definition) is 0. The number of nitro groups is 1. The van der Waals surface area contributed by atoms with Gasteiger partial charge in [-0.15, -0.1) is 0 Å². The highest BCUT2D eigenvalue weighted by atomic mass is 127. The highest BCUT2D eigenvalue weighted by molar-refractivity contribution is 14.1. The first-order valence-electron chi connectivity index (χ1n) is 4.09. The largest absolute Gasteiger partial charge is 0.463 e. The number of ether oxygens (including phenoxy) is 1. The van der Waals surface area contributed by atoms with E-state index in [1.54, 1.807) is 0 Å². The minimum Gasteiger partial charge on any atom is -0.463 e. The summed E-state index contributed by atoms with van der Waals surface area (Å²) in [5.41, 5.74) is -1.11. The monoisotopic (exact) mass is 358 g/mol. The molecule has 0 N–H and O–H groups in total. The Balaban J connectivity index is 3.48. The summed E-state index contributed by atoms with van der Waals surface area (Å²) in [4.78, 5) is 24.1. The molecule has 0 aromatic carbocycles. The van der Waals surface area contributed by atoms with Crippen LogP contribution in [0.3, 0.4) is 0 Å². The van der Waals surface area contributed by atoms with Crippen molar-refractivity contribution in [1.29, 1.82) is 0 Å². The van der Waals surface area contributed by atoms with Crippen molar-refractivity contribution in [1.82, 2.24) is 4.98 Å². The maximum Gasteiger partial charge on any atom is 0.383 e. The van der Waals surface area contributed by atoms with E-state index in [2.05, 4.69) is 9.72 Å². The van der Waals surface area contributed by atoms with E-state index >= 15 is 0 Å². The van der Waals surface area contributed by atoms with Crippen molar-refractivity contribution in [3.63, 3.8) is 0 Å². The molecule has 0 aliphatic carbocycles. The van der Waals surface area contributed by atoms with E-state index in [1.165, 1.54) is 22.6 Å². The highest BCUT2D eigenvalue weighted by Gasteiger charge is 2.28. The van der Waals surface area contributed by atoms with Gasteiger partial charge in [-0.3, -0.25) is 0 Å². The Hall–Kier alpha value is -1.39. The molecular formula is C8H5F2IN2O4. The number of hydrogen-bond acceptors (Lipinski definition) is 5. The normalized spacial score (nSPS) is 10.4. The first kappa shape index (κ1) is 13.7. The Kier molecular flexibility index (Phi) is 4.26. The molecule has 0 aliphatic rings. The Morgan fingerprint density at radius 3 is 2.65 bits per heavy atom. The second kappa shape index (κ2) is 5.29. The topological polar surface area (TPSA) is 82.3 Å². The lowest BCUT2D eigenvalue weighted by atomic mass is 10.2. The van der Waals surface area contributed by atoms with Gasteiger partial charge in [-0.2, -0.15) is 0 Å². The molecule has 1 aromatic heterocycles. The molecule has 6 nitrogen and oxygen atoms in total. The maximum atomic E-state index is 12.6. The molecule has 1 rings (SSSR count). The van der Waals surface area contributed by atoms with Crippen molar-refractivity contribution in [2.45, 2.75) is 6.43 Å². The van der Waals surface area contributed by atoms with Gasteiger partial charge in [0.05, 0.1) is 10.7 Å². The number of halogens is 3. The first-order valence-corrected chi connectivity index (χ1v) is 5.17. The van der Waals surface area contributed by atoms with Crippen LogP contribution in [0.15, 0.2) is 6.07 Å². The average Bonchev–Trinajstić information content (AvgIpc) is 2.27. The number of alkyl halides is 2. The standard InChI is InChI=1S/C8H5F2IN2O4/c1-17-8(14)6-5(11)3(7(9)10)2-4(12-6)13(15)16/h2,7H,1H3. The third kappa shape index (κ3) is 2.84. The second-order valence-corrected chi connectivity index (χ2v) is 3.86. The molecule has 92 valence electrons. The molecule has 0 saturated heterocycles. The van der Waals surface area contributed by atoms with Gasteiger partial charge in [0.25, 0.3) is 12.1 Å². The molecule has 0 saturated carbocycles. The van der Waals surface area contributed by atoms with Gasteiger partial charge in [0, 0.05) is 11.6 Å². The molecule has 0 spiro atoms. The predicted molar refractivity (Wildman–Crippen MR) is 59.9 cm³/mol. The van der Waals surface area contributed by atoms with E-state index in [1.807, 2.05) is 0 Å². The zero-order chi connectivity index (χ0) is 13.2. The van der Waals surface area contributed by atoms with Gasteiger partial charge in [0.15, 0.2) is 0 Å². The Labute approximate surface area is 107 Å². The van der Waals surface area contributed by atoms with Crippen LogP contribution in [-0.2, 0) is 4.74 Å². The molecule has 0 fully saturated rings. The van der Waals surface area contributed by atoms with Crippen molar-refractivity contribution >= 4 is 34.4 Å². The minimum absolute atomic E-state index is 0.157. The molecule has 0 aliphatic heterocycles. The quantitative estimate of drug-likeness (QED) is 0.359. The van der Waals surface area contributed by atoms with Gasteiger partial charge in [-0.1, -0.05) is 0 Å². The molecule has 0 atom stereocenters. The zero-order valence-electron chi connectivity index (χ0n) is 8.32. The van der Waals surface area contributed by atoms with Crippen molar-refractivity contribution in [3.05, 3.63) is 31.0 Å². The summed E-state index contributed by atoms with van der Waals surface area (Å²) in [5.74, 6) is -1.82. The Morgan fingerprint density at radius 1 is 1.65 bits per heavy atom. The maximum absolute atomic E-state index is 12.6. The number of pyridine rings is 1. The summed E-state index contributed by atoms with van der Waals surface area (Å²) >= 11 is 1.47. The molecule has 1 heterocycles. The van der Waals surface area contributed by atoms with E-state index < -0.39 is 34.4 Å². The van der Waals surface area contributed by atoms with Gasteiger partial charge in [0.2, 0.25) is 0 Å². The molecule has 1 aromatic rings. The lowest BCUT2D eigenvalue weighted by Gasteiger charge is -2.04. The van der Waals surface area contributed by atoms with Crippen molar-refractivity contribution in [2.24, 2.45) is 0 Å². The van der Waals surface area contributed by atoms with Crippen LogP contribution in [0.4, 0.5) is 14.6 Å². The molecule has 9 heteroatoms. The molecule has 0 amide bonds. The molecular weight excluding hydrogens is 353 g/mol. The number of carbonyl (C=O) groups excluding carboxylic acids is 1. The average molecular weight is 358 g/mol.